The number of ether oxygens (including phenoxy) is 1. The molecule has 1 fully saturated rings. The molecule has 1 aromatic carbocycles. The van der Waals surface area contributed by atoms with Crippen molar-refractivity contribution in [1.29, 1.82) is 0 Å². The molecule has 2 unspecified atom stereocenters. The number of benzene rings is 1. The molecule has 2 aliphatic carbocycles. The van der Waals surface area contributed by atoms with E-state index < -0.39 is 0 Å². The standard InChI is InChI=1S/C17H18O.2C2H6/c1-2-11-7-13-10-18-9-12-5-3-4-6-14(12)17(13)16-8-15(11)16;2*1-2/h3-7,15-16H,2,8-10H2,1H3;2*1-2H3. The van der Waals surface area contributed by atoms with Gasteiger partial charge in [-0.3, -0.25) is 0 Å². The number of allylic oxidation sites excluding steroid dienone is 2. The van der Waals surface area contributed by atoms with E-state index in [1.54, 1.807) is 11.1 Å². The summed E-state index contributed by atoms with van der Waals surface area (Å²) < 4.78 is 5.85. The fourth-order valence-corrected chi connectivity index (χ4v) is 3.61. The van der Waals surface area contributed by atoms with Crippen molar-refractivity contribution in [3.05, 3.63) is 52.6 Å². The Morgan fingerprint density at radius 1 is 1.00 bits per heavy atom. The Labute approximate surface area is 136 Å². The van der Waals surface area contributed by atoms with Gasteiger partial charge in [-0.05, 0) is 47.0 Å². The quantitative estimate of drug-likeness (QED) is 0.617. The van der Waals surface area contributed by atoms with Crippen molar-refractivity contribution >= 4 is 5.57 Å². The zero-order valence-corrected chi connectivity index (χ0v) is 14.8. The highest BCUT2D eigenvalue weighted by atomic mass is 16.5. The fourth-order valence-electron chi connectivity index (χ4n) is 3.61. The lowest BCUT2D eigenvalue weighted by Gasteiger charge is -2.18. The van der Waals surface area contributed by atoms with E-state index in [1.807, 2.05) is 27.7 Å². The number of fused-ring (bicyclic) bond motifs is 4. The van der Waals surface area contributed by atoms with Crippen LogP contribution in [0.5, 0.6) is 0 Å². The zero-order valence-electron chi connectivity index (χ0n) is 14.8. The molecule has 1 aliphatic heterocycles. The Hall–Kier alpha value is -1.34. The number of hydrogen-bond donors (Lipinski definition) is 0. The molecule has 1 heterocycles. The topological polar surface area (TPSA) is 9.23 Å². The lowest BCUT2D eigenvalue weighted by Crippen LogP contribution is -2.04. The Morgan fingerprint density at radius 2 is 1.73 bits per heavy atom. The second kappa shape index (κ2) is 7.78. The molecule has 4 rings (SSSR count). The summed E-state index contributed by atoms with van der Waals surface area (Å²) in [4.78, 5) is 0. The third kappa shape index (κ3) is 3.05. The summed E-state index contributed by atoms with van der Waals surface area (Å²) in [6.07, 6.45) is 4.97. The predicted octanol–water partition coefficient (Wildman–Crippen LogP) is 6.01. The van der Waals surface area contributed by atoms with Gasteiger partial charge in [0.2, 0.25) is 0 Å². The van der Waals surface area contributed by atoms with Crippen LogP contribution in [0.4, 0.5) is 0 Å². The van der Waals surface area contributed by atoms with Crippen LogP contribution in [-0.2, 0) is 11.3 Å². The van der Waals surface area contributed by atoms with Gasteiger partial charge in [-0.25, -0.2) is 0 Å². The molecule has 22 heavy (non-hydrogen) atoms. The van der Waals surface area contributed by atoms with Crippen LogP contribution in [0.15, 0.2) is 41.5 Å². The molecule has 0 saturated heterocycles. The van der Waals surface area contributed by atoms with Gasteiger partial charge in [-0.15, -0.1) is 0 Å². The molecule has 2 atom stereocenters. The van der Waals surface area contributed by atoms with E-state index in [0.717, 1.165) is 25.0 Å². The van der Waals surface area contributed by atoms with Crippen LogP contribution in [0, 0.1) is 11.8 Å². The molecular formula is C21H30O. The molecule has 0 radical (unpaired) electrons. The summed E-state index contributed by atoms with van der Waals surface area (Å²) in [5.74, 6) is 1.61. The second-order valence-corrected chi connectivity index (χ2v) is 5.61. The fraction of sp³-hybridized carbons (Fsp3) is 0.524. The number of rotatable bonds is 1. The van der Waals surface area contributed by atoms with E-state index >= 15 is 0 Å². The minimum absolute atomic E-state index is 0.760. The van der Waals surface area contributed by atoms with Crippen LogP contribution >= 0.6 is 0 Å². The largest absolute Gasteiger partial charge is 0.372 e. The maximum Gasteiger partial charge on any atom is 0.0727 e. The summed E-state index contributed by atoms with van der Waals surface area (Å²) in [5.41, 5.74) is 7.48. The Kier molecular flexibility index (Phi) is 6.02. The molecule has 1 heteroatoms. The van der Waals surface area contributed by atoms with E-state index in [9.17, 15) is 0 Å². The van der Waals surface area contributed by atoms with Crippen molar-refractivity contribution in [2.45, 2.75) is 54.1 Å². The van der Waals surface area contributed by atoms with Gasteiger partial charge < -0.3 is 4.74 Å². The van der Waals surface area contributed by atoms with Crippen LogP contribution in [0.2, 0.25) is 0 Å². The van der Waals surface area contributed by atoms with Gasteiger partial charge in [0.25, 0.3) is 0 Å². The smallest absolute Gasteiger partial charge is 0.0727 e. The highest BCUT2D eigenvalue weighted by molar-refractivity contribution is 5.79. The monoisotopic (exact) mass is 298 g/mol. The summed E-state index contributed by atoms with van der Waals surface area (Å²) in [5, 5.41) is 0. The maximum absolute atomic E-state index is 5.85. The van der Waals surface area contributed by atoms with Crippen molar-refractivity contribution in [2.75, 3.05) is 6.61 Å². The van der Waals surface area contributed by atoms with Gasteiger partial charge in [-0.1, -0.05) is 70.5 Å². The average Bonchev–Trinajstić information content (AvgIpc) is 3.40. The van der Waals surface area contributed by atoms with Gasteiger partial charge in [0.15, 0.2) is 0 Å². The van der Waals surface area contributed by atoms with Crippen LogP contribution in [0.25, 0.3) is 5.57 Å². The Bertz CT molecular complexity index is 565. The number of hydrogen-bond acceptors (Lipinski definition) is 1. The molecule has 0 spiro atoms. The zero-order chi connectivity index (χ0) is 16.1. The van der Waals surface area contributed by atoms with Crippen LogP contribution in [0.1, 0.15) is 58.6 Å². The first kappa shape index (κ1) is 17.0. The van der Waals surface area contributed by atoms with Crippen molar-refractivity contribution in [3.8, 4) is 0 Å². The van der Waals surface area contributed by atoms with Gasteiger partial charge in [-0.2, -0.15) is 0 Å². The molecule has 1 nitrogen and oxygen atoms in total. The SMILES string of the molecule is CC.CC.CCC1=CC2=C(c3ccccc3COC2)C2CC12. The summed E-state index contributed by atoms with van der Waals surface area (Å²) >= 11 is 0. The van der Waals surface area contributed by atoms with Crippen molar-refractivity contribution in [1.82, 2.24) is 0 Å². The van der Waals surface area contributed by atoms with Crippen LogP contribution in [-0.4, -0.2) is 6.61 Å². The molecule has 0 aromatic heterocycles. The van der Waals surface area contributed by atoms with E-state index in [1.165, 1.54) is 29.5 Å². The minimum atomic E-state index is 0.760. The molecule has 120 valence electrons. The molecule has 3 aliphatic rings. The summed E-state index contributed by atoms with van der Waals surface area (Å²) in [6.45, 7) is 11.8. The van der Waals surface area contributed by atoms with E-state index in [0.29, 0.717) is 0 Å². The molecule has 1 saturated carbocycles. The second-order valence-electron chi connectivity index (χ2n) is 5.61. The highest BCUT2D eigenvalue weighted by Crippen LogP contribution is 2.57. The third-order valence-electron chi connectivity index (χ3n) is 4.57. The first-order valence-corrected chi connectivity index (χ1v) is 8.98. The first-order chi connectivity index (χ1) is 10.9. The minimum Gasteiger partial charge on any atom is -0.372 e. The average molecular weight is 298 g/mol. The van der Waals surface area contributed by atoms with Crippen LogP contribution < -0.4 is 0 Å². The summed E-state index contributed by atoms with van der Waals surface area (Å²) in [6, 6.07) is 8.76. The molecular weight excluding hydrogens is 268 g/mol. The Balaban J connectivity index is 0.000000410. The lowest BCUT2D eigenvalue weighted by molar-refractivity contribution is 0.146. The normalized spacial score (nSPS) is 24.1. The van der Waals surface area contributed by atoms with Crippen molar-refractivity contribution in [3.63, 3.8) is 0 Å². The highest BCUT2D eigenvalue weighted by Gasteiger charge is 2.46. The maximum atomic E-state index is 5.85. The van der Waals surface area contributed by atoms with E-state index in [-0.39, 0.29) is 0 Å². The van der Waals surface area contributed by atoms with Gasteiger partial charge in [0, 0.05) is 0 Å². The first-order valence-electron chi connectivity index (χ1n) is 8.98. The third-order valence-corrected chi connectivity index (χ3v) is 4.57. The van der Waals surface area contributed by atoms with Gasteiger partial charge >= 0.3 is 0 Å². The molecule has 1 aromatic rings. The van der Waals surface area contributed by atoms with Crippen molar-refractivity contribution < 1.29 is 4.74 Å². The van der Waals surface area contributed by atoms with E-state index in [2.05, 4.69) is 37.3 Å². The van der Waals surface area contributed by atoms with Crippen LogP contribution in [0.3, 0.4) is 0 Å². The Morgan fingerprint density at radius 3 is 2.45 bits per heavy atom. The molecule has 0 bridgehead atoms. The summed E-state index contributed by atoms with van der Waals surface area (Å²) in [7, 11) is 0. The lowest BCUT2D eigenvalue weighted by atomic mass is 9.86. The predicted molar refractivity (Wildman–Crippen MR) is 95.7 cm³/mol. The molecule has 0 amide bonds. The molecule has 0 N–H and O–H groups in total. The van der Waals surface area contributed by atoms with Gasteiger partial charge in [0.05, 0.1) is 13.2 Å². The van der Waals surface area contributed by atoms with E-state index in [4.69, 9.17) is 4.74 Å². The van der Waals surface area contributed by atoms with Gasteiger partial charge in [0.1, 0.15) is 0 Å². The van der Waals surface area contributed by atoms with Crippen molar-refractivity contribution in [2.24, 2.45) is 11.8 Å².